The van der Waals surface area contributed by atoms with Gasteiger partial charge in [0.25, 0.3) is 0 Å². The fourth-order valence-corrected chi connectivity index (χ4v) is 0.186. The van der Waals surface area contributed by atoms with Crippen molar-refractivity contribution in [2.24, 2.45) is 0 Å². The van der Waals surface area contributed by atoms with Crippen molar-refractivity contribution in [3.63, 3.8) is 0 Å². The molecule has 0 rings (SSSR count). The van der Waals surface area contributed by atoms with E-state index in [0.717, 1.165) is 0 Å². The fourth-order valence-electron chi connectivity index (χ4n) is 0.186. The Balaban J connectivity index is 2.99. The van der Waals surface area contributed by atoms with Crippen LogP contribution in [0.2, 0.25) is 0 Å². The molecule has 7 heavy (non-hydrogen) atoms. The predicted octanol–water partition coefficient (Wildman–Crippen LogP) is -0.0368. The quantitative estimate of drug-likeness (QED) is 0.549. The van der Waals surface area contributed by atoms with Gasteiger partial charge in [-0.2, -0.15) is 0 Å². The Labute approximate surface area is 41.9 Å². The van der Waals surface area contributed by atoms with Gasteiger partial charge in [0.2, 0.25) is 0 Å². The van der Waals surface area contributed by atoms with Crippen LogP contribution >= 0.6 is 0 Å². The van der Waals surface area contributed by atoms with Crippen molar-refractivity contribution in [2.45, 2.75) is 6.10 Å². The van der Waals surface area contributed by atoms with Gasteiger partial charge in [-0.15, -0.1) is 0 Å². The number of methoxy groups -OCH3 is 1. The van der Waals surface area contributed by atoms with Crippen molar-refractivity contribution in [3.05, 3.63) is 0 Å². The number of rotatable bonds is 3. The average molecular weight is 108 g/mol. The first-order chi connectivity index (χ1) is 3.35. The maximum atomic E-state index is 11.4. The Morgan fingerprint density at radius 2 is 2.43 bits per heavy atom. The van der Waals surface area contributed by atoms with Gasteiger partial charge in [-0.05, 0) is 0 Å². The summed E-state index contributed by atoms with van der Waals surface area (Å²) in [6.07, 6.45) is -0.625. The maximum Gasteiger partial charge on any atom is 0.118 e. The molecule has 0 heterocycles. The first kappa shape index (κ1) is 6.85. The molecule has 0 bridgehead atoms. The molecule has 0 aliphatic carbocycles. The molecule has 0 aliphatic rings. The third-order valence-electron chi connectivity index (χ3n) is 0.709. The number of hydrogen-bond acceptors (Lipinski definition) is 2. The smallest absolute Gasteiger partial charge is 0.118 e. The van der Waals surface area contributed by atoms with Gasteiger partial charge in [-0.3, -0.25) is 0 Å². The normalized spacial score (nSPS) is 14.1. The topological polar surface area (TPSA) is 29.5 Å². The predicted molar refractivity (Wildman–Crippen MR) is 23.9 cm³/mol. The molecule has 0 aliphatic heterocycles. The number of hydrogen-bond donors (Lipinski definition) is 1. The summed E-state index contributed by atoms with van der Waals surface area (Å²) in [6, 6.07) is 0. The average Bonchev–Trinajstić information content (AvgIpc) is 1.72. The zero-order valence-corrected chi connectivity index (χ0v) is 4.22. The van der Waals surface area contributed by atoms with E-state index < -0.39 is 12.8 Å². The number of ether oxygens (including phenoxy) is 1. The van der Waals surface area contributed by atoms with Crippen molar-refractivity contribution in [3.8, 4) is 0 Å². The monoisotopic (exact) mass is 108 g/mol. The second-order valence-corrected chi connectivity index (χ2v) is 1.19. The Morgan fingerprint density at radius 3 is 2.43 bits per heavy atom. The van der Waals surface area contributed by atoms with Gasteiger partial charge >= 0.3 is 0 Å². The van der Waals surface area contributed by atoms with Gasteiger partial charge in [0.1, 0.15) is 12.8 Å². The summed E-state index contributed by atoms with van der Waals surface area (Å²) in [5.41, 5.74) is 0. The summed E-state index contributed by atoms with van der Waals surface area (Å²) in [5, 5.41) is 8.16. The Bertz CT molecular complexity index is 31.2. The van der Waals surface area contributed by atoms with Crippen LogP contribution in [0, 0.1) is 0 Å². The highest BCUT2D eigenvalue weighted by molar-refractivity contribution is 4.48. The molecule has 1 atom stereocenters. The van der Waals surface area contributed by atoms with Crippen LogP contribution in [0.25, 0.3) is 0 Å². The summed E-state index contributed by atoms with van der Waals surface area (Å²) in [7, 11) is 1.36. The fraction of sp³-hybridized carbons (Fsp3) is 1.00. The molecule has 0 aromatic heterocycles. The van der Waals surface area contributed by atoms with E-state index in [-0.39, 0.29) is 6.61 Å². The minimum atomic E-state index is -0.625. The van der Waals surface area contributed by atoms with Crippen molar-refractivity contribution >= 4 is 0 Å². The molecule has 3 heteroatoms. The van der Waals surface area contributed by atoms with E-state index in [0.29, 0.717) is 0 Å². The second-order valence-electron chi connectivity index (χ2n) is 1.19. The highest BCUT2D eigenvalue weighted by Crippen LogP contribution is 1.86. The number of alkyl halides is 1. The van der Waals surface area contributed by atoms with Crippen LogP contribution < -0.4 is 0 Å². The van der Waals surface area contributed by atoms with E-state index in [1.807, 2.05) is 0 Å². The third-order valence-corrected chi connectivity index (χ3v) is 0.709. The highest BCUT2D eigenvalue weighted by Gasteiger charge is 2.00. The van der Waals surface area contributed by atoms with Crippen molar-refractivity contribution in [1.82, 2.24) is 0 Å². The molecule has 0 unspecified atom stereocenters. The first-order valence-corrected chi connectivity index (χ1v) is 2.04. The molecule has 0 fully saturated rings. The Morgan fingerprint density at radius 1 is 1.86 bits per heavy atom. The summed E-state index contributed by atoms with van der Waals surface area (Å²) in [4.78, 5) is 0. The number of aliphatic hydroxyl groups excluding tert-OH is 1. The molecule has 0 saturated carbocycles. The molecule has 0 aromatic carbocycles. The summed E-state index contributed by atoms with van der Waals surface area (Å²) < 4.78 is 15.8. The lowest BCUT2D eigenvalue weighted by Gasteiger charge is -2.03. The van der Waals surface area contributed by atoms with Crippen LogP contribution in [-0.2, 0) is 4.74 Å². The van der Waals surface area contributed by atoms with Crippen molar-refractivity contribution < 1.29 is 14.2 Å². The van der Waals surface area contributed by atoms with E-state index in [1.54, 1.807) is 0 Å². The van der Waals surface area contributed by atoms with Crippen LogP contribution in [0.5, 0.6) is 0 Å². The highest BCUT2D eigenvalue weighted by atomic mass is 19.1. The minimum absolute atomic E-state index is 0.243. The van der Waals surface area contributed by atoms with Gasteiger partial charge in [0.05, 0.1) is 6.61 Å². The van der Waals surface area contributed by atoms with E-state index in [1.165, 1.54) is 7.11 Å². The van der Waals surface area contributed by atoms with Gasteiger partial charge < -0.3 is 9.84 Å². The summed E-state index contributed by atoms with van der Waals surface area (Å²) in [6.45, 7) is -0.861. The zero-order chi connectivity index (χ0) is 5.70. The lowest BCUT2D eigenvalue weighted by atomic mass is 10.4. The van der Waals surface area contributed by atoms with Crippen LogP contribution in [-0.4, -0.2) is 31.6 Å². The molecule has 44 valence electrons. The molecule has 0 amide bonds. The molecular weight excluding hydrogens is 99.0 g/mol. The van der Waals surface area contributed by atoms with Crippen LogP contribution in [0.4, 0.5) is 4.39 Å². The van der Waals surface area contributed by atoms with Gasteiger partial charge in [0, 0.05) is 7.11 Å². The molecule has 0 radical (unpaired) electrons. The van der Waals surface area contributed by atoms with E-state index >= 15 is 0 Å². The Kier molecular flexibility index (Phi) is 3.93. The summed E-state index contributed by atoms with van der Waals surface area (Å²) >= 11 is 0. The molecule has 1 N–H and O–H groups in total. The zero-order valence-electron chi connectivity index (χ0n) is 4.22. The summed E-state index contributed by atoms with van der Waals surface area (Å²) in [5.74, 6) is 0. The first-order valence-electron chi connectivity index (χ1n) is 2.04. The molecule has 2 nitrogen and oxygen atoms in total. The SMILES string of the molecule is CO[C@H](CO)CF. The molecule has 0 spiro atoms. The lowest BCUT2D eigenvalue weighted by Crippen LogP contribution is -2.17. The van der Waals surface area contributed by atoms with Crippen LogP contribution in [0.3, 0.4) is 0 Å². The number of halogens is 1. The molecule has 0 aromatic rings. The maximum absolute atomic E-state index is 11.4. The van der Waals surface area contributed by atoms with Crippen molar-refractivity contribution in [2.75, 3.05) is 20.4 Å². The van der Waals surface area contributed by atoms with Gasteiger partial charge in [-0.1, -0.05) is 0 Å². The Hall–Kier alpha value is -0.150. The molecular formula is C4H9FO2. The van der Waals surface area contributed by atoms with Gasteiger partial charge in [0.15, 0.2) is 0 Å². The van der Waals surface area contributed by atoms with Crippen molar-refractivity contribution in [1.29, 1.82) is 0 Å². The second kappa shape index (κ2) is 4.02. The van der Waals surface area contributed by atoms with E-state index in [2.05, 4.69) is 4.74 Å². The molecule has 0 saturated heterocycles. The third kappa shape index (κ3) is 2.53. The van der Waals surface area contributed by atoms with Crippen LogP contribution in [0.15, 0.2) is 0 Å². The standard InChI is InChI=1S/C4H9FO2/c1-7-4(2-5)3-6/h4,6H,2-3H2,1H3/t4-/m0/s1. The van der Waals surface area contributed by atoms with Gasteiger partial charge in [-0.25, -0.2) is 4.39 Å². The lowest BCUT2D eigenvalue weighted by molar-refractivity contribution is 0.0320. The van der Waals surface area contributed by atoms with Crippen LogP contribution in [0.1, 0.15) is 0 Å². The minimum Gasteiger partial charge on any atom is -0.394 e. The largest absolute Gasteiger partial charge is 0.394 e. The number of aliphatic hydroxyl groups is 1. The van der Waals surface area contributed by atoms with E-state index in [9.17, 15) is 4.39 Å². The van der Waals surface area contributed by atoms with E-state index in [4.69, 9.17) is 5.11 Å².